The smallest absolute Gasteiger partial charge is 0.251 e. The summed E-state index contributed by atoms with van der Waals surface area (Å²) in [7, 11) is 3.32. The molecule has 6 heteroatoms. The van der Waals surface area contributed by atoms with Crippen LogP contribution in [-0.2, 0) is 11.3 Å². The number of ether oxygens (including phenoxy) is 2. The number of nitrogens with zero attached hydrogens (tertiary/aromatic N) is 1. The molecule has 6 nitrogen and oxygen atoms in total. The van der Waals surface area contributed by atoms with Crippen LogP contribution in [0.4, 0.5) is 5.69 Å². The Bertz CT molecular complexity index is 749. The van der Waals surface area contributed by atoms with Crippen LogP contribution in [-0.4, -0.2) is 52.4 Å². The molecular weight excluding hydrogens is 342 g/mol. The van der Waals surface area contributed by atoms with Crippen LogP contribution in [0.5, 0.6) is 5.75 Å². The van der Waals surface area contributed by atoms with Gasteiger partial charge in [0.1, 0.15) is 5.75 Å². The third-order valence-corrected chi connectivity index (χ3v) is 4.70. The summed E-state index contributed by atoms with van der Waals surface area (Å²) in [5, 5.41) is 6.11. The maximum absolute atomic E-state index is 11.7. The Kier molecular flexibility index (Phi) is 6.68. The Balaban J connectivity index is 1.51. The molecule has 3 rings (SSSR count). The zero-order valence-corrected chi connectivity index (χ0v) is 15.9. The molecule has 1 atom stereocenters. The summed E-state index contributed by atoms with van der Waals surface area (Å²) >= 11 is 0. The van der Waals surface area contributed by atoms with Gasteiger partial charge in [0.2, 0.25) is 0 Å². The van der Waals surface area contributed by atoms with Crippen molar-refractivity contribution < 1.29 is 14.3 Å². The van der Waals surface area contributed by atoms with Crippen molar-refractivity contribution in [2.45, 2.75) is 12.6 Å². The maximum atomic E-state index is 11.7. The molecule has 1 fully saturated rings. The highest BCUT2D eigenvalue weighted by Gasteiger charge is 2.20. The SMILES string of the molecule is CNC(=O)c1ccc(N2CCOC(CNCc3cccc(OC)c3)C2)cc1. The topological polar surface area (TPSA) is 62.8 Å². The number of anilines is 1. The molecule has 2 aromatic rings. The first-order valence-corrected chi connectivity index (χ1v) is 9.22. The Morgan fingerprint density at radius 3 is 2.81 bits per heavy atom. The number of carbonyl (C=O) groups excluding carboxylic acids is 1. The van der Waals surface area contributed by atoms with Gasteiger partial charge in [-0.3, -0.25) is 4.79 Å². The van der Waals surface area contributed by atoms with Gasteiger partial charge in [-0.15, -0.1) is 0 Å². The van der Waals surface area contributed by atoms with E-state index in [2.05, 4.69) is 21.6 Å². The van der Waals surface area contributed by atoms with E-state index < -0.39 is 0 Å². The molecule has 1 aliphatic heterocycles. The van der Waals surface area contributed by atoms with Crippen molar-refractivity contribution in [3.05, 3.63) is 59.7 Å². The van der Waals surface area contributed by atoms with Crippen LogP contribution in [0.15, 0.2) is 48.5 Å². The van der Waals surface area contributed by atoms with Crippen LogP contribution in [0.2, 0.25) is 0 Å². The number of amides is 1. The molecular formula is C21H27N3O3. The summed E-state index contributed by atoms with van der Waals surface area (Å²) in [5.41, 5.74) is 2.97. The normalized spacial score (nSPS) is 16.8. The van der Waals surface area contributed by atoms with Crippen LogP contribution < -0.4 is 20.3 Å². The number of carbonyl (C=O) groups is 1. The molecule has 1 unspecified atom stereocenters. The van der Waals surface area contributed by atoms with Crippen LogP contribution in [0.25, 0.3) is 0 Å². The van der Waals surface area contributed by atoms with E-state index in [1.165, 1.54) is 5.56 Å². The number of methoxy groups -OCH3 is 1. The number of nitrogens with one attached hydrogen (secondary N) is 2. The van der Waals surface area contributed by atoms with Crippen molar-refractivity contribution in [3.63, 3.8) is 0 Å². The average molecular weight is 369 g/mol. The van der Waals surface area contributed by atoms with Gasteiger partial charge in [0.25, 0.3) is 5.91 Å². The molecule has 27 heavy (non-hydrogen) atoms. The van der Waals surface area contributed by atoms with Gasteiger partial charge in [-0.05, 0) is 42.0 Å². The summed E-state index contributed by atoms with van der Waals surface area (Å²) in [6.45, 7) is 3.93. The molecule has 1 saturated heterocycles. The molecule has 1 amide bonds. The first-order valence-electron chi connectivity index (χ1n) is 9.22. The van der Waals surface area contributed by atoms with Crippen LogP contribution >= 0.6 is 0 Å². The van der Waals surface area contributed by atoms with Gasteiger partial charge >= 0.3 is 0 Å². The summed E-state index contributed by atoms with van der Waals surface area (Å²) in [5.74, 6) is 0.803. The number of morpholine rings is 1. The summed E-state index contributed by atoms with van der Waals surface area (Å²) in [6.07, 6.45) is 0.128. The lowest BCUT2D eigenvalue weighted by molar-refractivity contribution is 0.0407. The van der Waals surface area contributed by atoms with E-state index >= 15 is 0 Å². The van der Waals surface area contributed by atoms with E-state index in [1.807, 2.05) is 42.5 Å². The second-order valence-electron chi connectivity index (χ2n) is 6.55. The van der Waals surface area contributed by atoms with Crippen molar-refractivity contribution in [1.82, 2.24) is 10.6 Å². The van der Waals surface area contributed by atoms with Gasteiger partial charge in [-0.1, -0.05) is 12.1 Å². The minimum atomic E-state index is -0.0665. The highest BCUT2D eigenvalue weighted by atomic mass is 16.5. The summed E-state index contributed by atoms with van der Waals surface area (Å²) in [6, 6.07) is 15.8. The van der Waals surface area contributed by atoms with Crippen LogP contribution in [0.3, 0.4) is 0 Å². The quantitative estimate of drug-likeness (QED) is 0.782. The molecule has 1 aliphatic rings. The second kappa shape index (κ2) is 9.39. The van der Waals surface area contributed by atoms with Gasteiger partial charge < -0.3 is 25.0 Å². The minimum Gasteiger partial charge on any atom is -0.497 e. The molecule has 0 aromatic heterocycles. The van der Waals surface area contributed by atoms with Crippen molar-refractivity contribution in [1.29, 1.82) is 0 Å². The molecule has 0 saturated carbocycles. The summed E-state index contributed by atoms with van der Waals surface area (Å²) in [4.78, 5) is 14.0. The molecule has 0 bridgehead atoms. The van der Waals surface area contributed by atoms with E-state index in [0.717, 1.165) is 37.6 Å². The van der Waals surface area contributed by atoms with Gasteiger partial charge in [-0.2, -0.15) is 0 Å². The third kappa shape index (κ3) is 5.21. The van der Waals surface area contributed by atoms with Gasteiger partial charge in [-0.25, -0.2) is 0 Å². The minimum absolute atomic E-state index is 0.0665. The van der Waals surface area contributed by atoms with Crippen molar-refractivity contribution in [2.75, 3.05) is 45.3 Å². The van der Waals surface area contributed by atoms with E-state index in [4.69, 9.17) is 9.47 Å². The fourth-order valence-corrected chi connectivity index (χ4v) is 3.21. The zero-order chi connectivity index (χ0) is 19.1. The van der Waals surface area contributed by atoms with Crippen molar-refractivity contribution >= 4 is 11.6 Å². The van der Waals surface area contributed by atoms with Gasteiger partial charge in [0, 0.05) is 44.5 Å². The van der Waals surface area contributed by atoms with Crippen LogP contribution in [0, 0.1) is 0 Å². The number of hydrogen-bond acceptors (Lipinski definition) is 5. The second-order valence-corrected chi connectivity index (χ2v) is 6.55. The van der Waals surface area contributed by atoms with E-state index in [1.54, 1.807) is 14.2 Å². The molecule has 1 heterocycles. The van der Waals surface area contributed by atoms with E-state index in [-0.39, 0.29) is 12.0 Å². The lowest BCUT2D eigenvalue weighted by atomic mass is 10.1. The molecule has 2 aromatic carbocycles. The number of benzene rings is 2. The number of rotatable bonds is 7. The largest absolute Gasteiger partial charge is 0.497 e. The fourth-order valence-electron chi connectivity index (χ4n) is 3.21. The Morgan fingerprint density at radius 1 is 1.26 bits per heavy atom. The van der Waals surface area contributed by atoms with E-state index in [9.17, 15) is 4.79 Å². The molecule has 0 radical (unpaired) electrons. The summed E-state index contributed by atoms with van der Waals surface area (Å²) < 4.78 is 11.2. The maximum Gasteiger partial charge on any atom is 0.251 e. The lowest BCUT2D eigenvalue weighted by Gasteiger charge is -2.34. The monoisotopic (exact) mass is 369 g/mol. The van der Waals surface area contributed by atoms with Crippen LogP contribution in [0.1, 0.15) is 15.9 Å². The molecule has 144 valence electrons. The molecule has 2 N–H and O–H groups in total. The highest BCUT2D eigenvalue weighted by Crippen LogP contribution is 2.19. The first-order chi connectivity index (χ1) is 13.2. The van der Waals surface area contributed by atoms with Crippen molar-refractivity contribution in [2.24, 2.45) is 0 Å². The first kappa shape index (κ1) is 19.2. The molecule has 0 spiro atoms. The van der Waals surface area contributed by atoms with Gasteiger partial charge in [0.15, 0.2) is 0 Å². The van der Waals surface area contributed by atoms with Gasteiger partial charge in [0.05, 0.1) is 19.8 Å². The standard InChI is InChI=1S/C21H27N3O3/c1-22-21(25)17-6-8-18(9-7-17)24-10-11-27-20(15-24)14-23-13-16-4-3-5-19(12-16)26-2/h3-9,12,20,23H,10-11,13-15H2,1-2H3,(H,22,25). The average Bonchev–Trinajstić information content (AvgIpc) is 2.73. The zero-order valence-electron chi connectivity index (χ0n) is 15.9. The Morgan fingerprint density at radius 2 is 2.07 bits per heavy atom. The Labute approximate surface area is 160 Å². The van der Waals surface area contributed by atoms with Crippen molar-refractivity contribution in [3.8, 4) is 5.75 Å². The third-order valence-electron chi connectivity index (χ3n) is 4.70. The predicted octanol–water partition coefficient (Wildman–Crippen LogP) is 2.05. The number of hydrogen-bond donors (Lipinski definition) is 2. The van der Waals surface area contributed by atoms with E-state index in [0.29, 0.717) is 12.2 Å². The molecule has 0 aliphatic carbocycles. The Hall–Kier alpha value is -2.57. The lowest BCUT2D eigenvalue weighted by Crippen LogP contribution is -2.46. The highest BCUT2D eigenvalue weighted by molar-refractivity contribution is 5.94. The fraction of sp³-hybridized carbons (Fsp3) is 0.381. The predicted molar refractivity (Wildman–Crippen MR) is 106 cm³/mol.